The van der Waals surface area contributed by atoms with Gasteiger partial charge in [-0.05, 0) is 24.3 Å². The Morgan fingerprint density at radius 1 is 1.16 bits per heavy atom. The van der Waals surface area contributed by atoms with Gasteiger partial charge in [0, 0.05) is 6.07 Å². The summed E-state index contributed by atoms with van der Waals surface area (Å²) in [5.41, 5.74) is 5.68. The van der Waals surface area contributed by atoms with Gasteiger partial charge in [0.25, 0.3) is 10.0 Å². The van der Waals surface area contributed by atoms with Crippen molar-refractivity contribution in [3.63, 3.8) is 0 Å². The number of halogens is 1. The molecular formula is C12H11FN2O3S. The number of nitrogens with one attached hydrogen (secondary N) is 1. The van der Waals surface area contributed by atoms with E-state index in [2.05, 4.69) is 4.72 Å². The summed E-state index contributed by atoms with van der Waals surface area (Å²) in [6.45, 7) is 0. The highest BCUT2D eigenvalue weighted by Crippen LogP contribution is 2.26. The number of benzene rings is 2. The van der Waals surface area contributed by atoms with Crippen LogP contribution in [0.15, 0.2) is 47.4 Å². The molecule has 0 bridgehead atoms. The molecule has 0 saturated heterocycles. The van der Waals surface area contributed by atoms with Gasteiger partial charge >= 0.3 is 0 Å². The van der Waals surface area contributed by atoms with Crippen molar-refractivity contribution in [1.82, 2.24) is 0 Å². The van der Waals surface area contributed by atoms with Crippen molar-refractivity contribution in [3.8, 4) is 5.75 Å². The Labute approximate surface area is 109 Å². The second-order valence-electron chi connectivity index (χ2n) is 3.81. The second kappa shape index (κ2) is 4.77. The number of hydrogen-bond acceptors (Lipinski definition) is 4. The maximum atomic E-state index is 13.5. The van der Waals surface area contributed by atoms with E-state index in [1.54, 1.807) is 0 Å². The van der Waals surface area contributed by atoms with Crippen LogP contribution in [0.2, 0.25) is 0 Å². The fraction of sp³-hybridized carbons (Fsp3) is 0. The highest BCUT2D eigenvalue weighted by molar-refractivity contribution is 7.92. The summed E-state index contributed by atoms with van der Waals surface area (Å²) in [6, 6.07) is 8.77. The fourth-order valence-corrected chi connectivity index (χ4v) is 2.67. The van der Waals surface area contributed by atoms with E-state index in [0.29, 0.717) is 0 Å². The molecule has 0 atom stereocenters. The van der Waals surface area contributed by atoms with Crippen LogP contribution in [-0.4, -0.2) is 13.5 Å². The summed E-state index contributed by atoms with van der Waals surface area (Å²) < 4.78 is 39.6. The zero-order valence-corrected chi connectivity index (χ0v) is 10.5. The zero-order valence-electron chi connectivity index (χ0n) is 9.67. The van der Waals surface area contributed by atoms with E-state index in [1.165, 1.54) is 30.3 Å². The SMILES string of the molecule is Nc1cc(O)ccc1NS(=O)(=O)c1ccccc1F. The van der Waals surface area contributed by atoms with Crippen molar-refractivity contribution in [2.45, 2.75) is 4.90 Å². The van der Waals surface area contributed by atoms with Gasteiger partial charge in [-0.25, -0.2) is 12.8 Å². The summed E-state index contributed by atoms with van der Waals surface area (Å²) in [4.78, 5) is -0.470. The molecule has 2 aromatic rings. The summed E-state index contributed by atoms with van der Waals surface area (Å²) in [7, 11) is -4.07. The van der Waals surface area contributed by atoms with Gasteiger partial charge in [-0.15, -0.1) is 0 Å². The molecular weight excluding hydrogens is 271 g/mol. The van der Waals surface area contributed by atoms with Crippen molar-refractivity contribution in [2.24, 2.45) is 0 Å². The Bertz CT molecular complexity index is 717. The highest BCUT2D eigenvalue weighted by atomic mass is 32.2. The molecule has 0 aliphatic carbocycles. The number of sulfonamides is 1. The van der Waals surface area contributed by atoms with Gasteiger partial charge in [0.05, 0.1) is 11.4 Å². The van der Waals surface area contributed by atoms with E-state index in [0.717, 1.165) is 12.1 Å². The molecule has 5 nitrogen and oxygen atoms in total. The van der Waals surface area contributed by atoms with Gasteiger partial charge in [-0.2, -0.15) is 0 Å². The smallest absolute Gasteiger partial charge is 0.264 e. The Hall–Kier alpha value is -2.28. The van der Waals surface area contributed by atoms with Crippen molar-refractivity contribution in [2.75, 3.05) is 10.5 Å². The third-order valence-electron chi connectivity index (χ3n) is 2.41. The van der Waals surface area contributed by atoms with Gasteiger partial charge in [-0.1, -0.05) is 12.1 Å². The maximum Gasteiger partial charge on any atom is 0.264 e. The van der Waals surface area contributed by atoms with Crippen molar-refractivity contribution in [3.05, 3.63) is 48.3 Å². The summed E-state index contributed by atoms with van der Waals surface area (Å²) >= 11 is 0. The molecule has 0 heterocycles. The number of phenolic OH excluding ortho intramolecular Hbond substituents is 1. The Balaban J connectivity index is 2.40. The molecule has 4 N–H and O–H groups in total. The number of nitrogens with two attached hydrogens (primary N) is 1. The molecule has 7 heteroatoms. The van der Waals surface area contributed by atoms with E-state index in [4.69, 9.17) is 5.73 Å². The first kappa shape index (κ1) is 13.2. The lowest BCUT2D eigenvalue weighted by Crippen LogP contribution is -2.15. The Kier molecular flexibility index (Phi) is 3.30. The van der Waals surface area contributed by atoms with Gasteiger partial charge in [0.1, 0.15) is 16.5 Å². The predicted octanol–water partition coefficient (Wildman–Crippen LogP) is 1.91. The average Bonchev–Trinajstić information content (AvgIpc) is 2.33. The van der Waals surface area contributed by atoms with Gasteiger partial charge in [0.15, 0.2) is 0 Å². The summed E-state index contributed by atoms with van der Waals surface area (Å²) in [5.74, 6) is -0.946. The first-order chi connectivity index (χ1) is 8.90. The molecule has 0 amide bonds. The monoisotopic (exact) mass is 282 g/mol. The molecule has 100 valence electrons. The van der Waals surface area contributed by atoms with Crippen LogP contribution in [-0.2, 0) is 10.0 Å². The van der Waals surface area contributed by atoms with Crippen molar-refractivity contribution in [1.29, 1.82) is 0 Å². The quantitative estimate of drug-likeness (QED) is 0.592. The molecule has 0 aliphatic heterocycles. The van der Waals surface area contributed by atoms with E-state index < -0.39 is 20.7 Å². The molecule has 0 fully saturated rings. The normalized spacial score (nSPS) is 11.2. The van der Waals surface area contributed by atoms with Gasteiger partial charge in [-0.3, -0.25) is 4.72 Å². The fourth-order valence-electron chi connectivity index (χ4n) is 1.51. The lowest BCUT2D eigenvalue weighted by Gasteiger charge is -2.11. The molecule has 0 unspecified atom stereocenters. The third-order valence-corrected chi connectivity index (χ3v) is 3.80. The van der Waals surface area contributed by atoms with Crippen molar-refractivity contribution < 1.29 is 17.9 Å². The van der Waals surface area contributed by atoms with Crippen LogP contribution in [0.25, 0.3) is 0 Å². The lowest BCUT2D eigenvalue weighted by atomic mass is 10.2. The molecule has 0 spiro atoms. The van der Waals surface area contributed by atoms with Crippen molar-refractivity contribution >= 4 is 21.4 Å². The number of phenols is 1. The van der Waals surface area contributed by atoms with Gasteiger partial charge < -0.3 is 10.8 Å². The number of anilines is 2. The lowest BCUT2D eigenvalue weighted by molar-refractivity contribution is 0.475. The van der Waals surface area contributed by atoms with E-state index >= 15 is 0 Å². The minimum atomic E-state index is -4.07. The van der Waals surface area contributed by atoms with E-state index in [-0.39, 0.29) is 17.1 Å². The van der Waals surface area contributed by atoms with E-state index in [9.17, 15) is 17.9 Å². The van der Waals surface area contributed by atoms with Crippen LogP contribution in [0.3, 0.4) is 0 Å². The number of rotatable bonds is 3. The Morgan fingerprint density at radius 2 is 1.84 bits per heavy atom. The molecule has 2 rings (SSSR count). The van der Waals surface area contributed by atoms with Crippen LogP contribution in [0.4, 0.5) is 15.8 Å². The van der Waals surface area contributed by atoms with Crippen LogP contribution < -0.4 is 10.5 Å². The first-order valence-electron chi connectivity index (χ1n) is 5.26. The highest BCUT2D eigenvalue weighted by Gasteiger charge is 2.19. The average molecular weight is 282 g/mol. The van der Waals surface area contributed by atoms with Crippen LogP contribution in [0, 0.1) is 5.82 Å². The molecule has 2 aromatic carbocycles. The Morgan fingerprint density at radius 3 is 2.47 bits per heavy atom. The predicted molar refractivity (Wildman–Crippen MR) is 69.7 cm³/mol. The first-order valence-corrected chi connectivity index (χ1v) is 6.74. The van der Waals surface area contributed by atoms with Crippen LogP contribution in [0.1, 0.15) is 0 Å². The van der Waals surface area contributed by atoms with Crippen LogP contribution in [0.5, 0.6) is 5.75 Å². The number of nitrogen functional groups attached to an aromatic ring is 1. The molecule has 0 aromatic heterocycles. The molecule has 0 aliphatic rings. The number of aromatic hydroxyl groups is 1. The van der Waals surface area contributed by atoms with E-state index in [1.807, 2.05) is 0 Å². The summed E-state index contributed by atoms with van der Waals surface area (Å²) in [6.07, 6.45) is 0. The topological polar surface area (TPSA) is 92.4 Å². The number of hydrogen-bond donors (Lipinski definition) is 3. The third kappa shape index (κ3) is 2.76. The van der Waals surface area contributed by atoms with Crippen LogP contribution >= 0.6 is 0 Å². The summed E-state index contributed by atoms with van der Waals surface area (Å²) in [5, 5.41) is 9.18. The van der Waals surface area contributed by atoms with Gasteiger partial charge in [0.2, 0.25) is 0 Å². The molecule has 0 radical (unpaired) electrons. The minimum Gasteiger partial charge on any atom is -0.508 e. The standard InChI is InChI=1S/C12H11FN2O3S/c13-9-3-1-2-4-12(9)19(17,18)15-11-6-5-8(16)7-10(11)14/h1-7,15-16H,14H2. The maximum absolute atomic E-state index is 13.5. The molecule has 0 saturated carbocycles. The minimum absolute atomic E-state index is 0.0416. The molecule has 19 heavy (non-hydrogen) atoms. The largest absolute Gasteiger partial charge is 0.508 e. The second-order valence-corrected chi connectivity index (χ2v) is 5.46. The zero-order chi connectivity index (χ0) is 14.0.